The van der Waals surface area contributed by atoms with Gasteiger partial charge in [-0.05, 0) is 25.8 Å². The maximum Gasteiger partial charge on any atom is 0.0580 e. The number of hydrogen-bond donors (Lipinski definition) is 2. The third kappa shape index (κ3) is 2.56. The molecule has 2 fully saturated rings. The van der Waals surface area contributed by atoms with Gasteiger partial charge in [0.1, 0.15) is 0 Å². The summed E-state index contributed by atoms with van der Waals surface area (Å²) >= 11 is 0. The molecule has 0 aromatic heterocycles. The fourth-order valence-electron chi connectivity index (χ4n) is 2.89. The summed E-state index contributed by atoms with van der Waals surface area (Å²) in [6.07, 6.45) is 3.11. The van der Waals surface area contributed by atoms with Crippen molar-refractivity contribution in [3.05, 3.63) is 0 Å². The summed E-state index contributed by atoms with van der Waals surface area (Å²) in [7, 11) is 2.07. The van der Waals surface area contributed by atoms with Crippen molar-refractivity contribution < 1.29 is 14.9 Å². The minimum absolute atomic E-state index is 0.0433. The Morgan fingerprint density at radius 3 is 2.56 bits per heavy atom. The zero-order valence-corrected chi connectivity index (χ0v) is 10.1. The van der Waals surface area contributed by atoms with Gasteiger partial charge in [-0.2, -0.15) is 0 Å². The molecule has 4 nitrogen and oxygen atoms in total. The van der Waals surface area contributed by atoms with E-state index in [4.69, 9.17) is 4.74 Å². The van der Waals surface area contributed by atoms with E-state index < -0.39 is 0 Å². The molecule has 0 spiro atoms. The van der Waals surface area contributed by atoms with Crippen molar-refractivity contribution in [1.29, 1.82) is 0 Å². The minimum atomic E-state index is -0.120. The lowest BCUT2D eigenvalue weighted by Crippen LogP contribution is -2.53. The second-order valence-electron chi connectivity index (χ2n) is 5.61. The molecule has 1 aliphatic heterocycles. The molecule has 2 N–H and O–H groups in total. The summed E-state index contributed by atoms with van der Waals surface area (Å²) in [5.41, 5.74) is -0.0433. The van der Waals surface area contributed by atoms with Crippen LogP contribution in [0.2, 0.25) is 0 Å². The molecule has 2 rings (SSSR count). The van der Waals surface area contributed by atoms with Crippen LogP contribution in [-0.2, 0) is 4.74 Å². The monoisotopic (exact) mass is 229 g/mol. The highest BCUT2D eigenvalue weighted by atomic mass is 16.5. The molecule has 1 aliphatic carbocycles. The molecule has 1 saturated heterocycles. The number of aliphatic hydroxyl groups excluding tert-OH is 2. The van der Waals surface area contributed by atoms with E-state index in [0.717, 1.165) is 32.4 Å². The van der Waals surface area contributed by atoms with Gasteiger partial charge in [0.15, 0.2) is 0 Å². The van der Waals surface area contributed by atoms with Gasteiger partial charge < -0.3 is 19.8 Å². The number of nitrogens with zero attached hydrogens (tertiary/aromatic N) is 1. The number of hydrogen-bond acceptors (Lipinski definition) is 4. The van der Waals surface area contributed by atoms with Gasteiger partial charge in [0, 0.05) is 13.1 Å². The van der Waals surface area contributed by atoms with Crippen molar-refractivity contribution in [2.45, 2.75) is 25.4 Å². The van der Waals surface area contributed by atoms with Crippen LogP contribution in [0.15, 0.2) is 0 Å². The van der Waals surface area contributed by atoms with E-state index in [2.05, 4.69) is 11.9 Å². The molecule has 94 valence electrons. The van der Waals surface area contributed by atoms with E-state index >= 15 is 0 Å². The molecule has 0 amide bonds. The maximum atomic E-state index is 9.76. The molecule has 0 aromatic rings. The molecule has 1 saturated carbocycles. The lowest BCUT2D eigenvalue weighted by molar-refractivity contribution is -0.147. The first-order chi connectivity index (χ1) is 7.65. The van der Waals surface area contributed by atoms with E-state index in [1.54, 1.807) is 0 Å². The average molecular weight is 229 g/mol. The minimum Gasteiger partial charge on any atom is -0.396 e. The van der Waals surface area contributed by atoms with Gasteiger partial charge in [0.25, 0.3) is 0 Å². The SMILES string of the molecule is CN(CC1CCCC1O)CC1(CO)COC1. The van der Waals surface area contributed by atoms with Crippen molar-refractivity contribution in [3.63, 3.8) is 0 Å². The van der Waals surface area contributed by atoms with Gasteiger partial charge >= 0.3 is 0 Å². The number of rotatable bonds is 5. The van der Waals surface area contributed by atoms with E-state index in [1.807, 2.05) is 0 Å². The third-order valence-corrected chi connectivity index (χ3v) is 3.92. The highest BCUT2D eigenvalue weighted by molar-refractivity contribution is 4.88. The molecule has 2 unspecified atom stereocenters. The normalized spacial score (nSPS) is 33.0. The molecule has 16 heavy (non-hydrogen) atoms. The predicted octanol–water partition coefficient (Wildman–Crippen LogP) is 0.0881. The Labute approximate surface area is 97.2 Å². The van der Waals surface area contributed by atoms with Crippen LogP contribution in [0.25, 0.3) is 0 Å². The van der Waals surface area contributed by atoms with Crippen molar-refractivity contribution in [3.8, 4) is 0 Å². The molecule has 1 heterocycles. The van der Waals surface area contributed by atoms with Crippen LogP contribution < -0.4 is 0 Å². The van der Waals surface area contributed by atoms with Crippen LogP contribution in [0.5, 0.6) is 0 Å². The first-order valence-corrected chi connectivity index (χ1v) is 6.20. The molecule has 0 bridgehead atoms. The summed E-state index contributed by atoms with van der Waals surface area (Å²) in [4.78, 5) is 2.23. The van der Waals surface area contributed by atoms with Crippen LogP contribution in [-0.4, -0.2) is 61.2 Å². The van der Waals surface area contributed by atoms with Crippen LogP contribution in [0.1, 0.15) is 19.3 Å². The van der Waals surface area contributed by atoms with Crippen LogP contribution in [0.4, 0.5) is 0 Å². The van der Waals surface area contributed by atoms with E-state index in [1.165, 1.54) is 0 Å². The van der Waals surface area contributed by atoms with Gasteiger partial charge in [-0.15, -0.1) is 0 Å². The van der Waals surface area contributed by atoms with Gasteiger partial charge in [0.05, 0.1) is 31.3 Å². The average Bonchev–Trinajstić information content (AvgIpc) is 2.58. The summed E-state index contributed by atoms with van der Waals surface area (Å²) in [6, 6.07) is 0. The van der Waals surface area contributed by atoms with E-state index in [9.17, 15) is 10.2 Å². The summed E-state index contributed by atoms with van der Waals surface area (Å²) < 4.78 is 5.19. The number of ether oxygens (including phenoxy) is 1. The zero-order valence-electron chi connectivity index (χ0n) is 10.1. The topological polar surface area (TPSA) is 52.9 Å². The summed E-state index contributed by atoms with van der Waals surface area (Å²) in [5.74, 6) is 0.418. The smallest absolute Gasteiger partial charge is 0.0580 e. The largest absolute Gasteiger partial charge is 0.396 e. The summed E-state index contributed by atoms with van der Waals surface area (Å²) in [5, 5.41) is 19.1. The molecule has 2 atom stereocenters. The third-order valence-electron chi connectivity index (χ3n) is 3.92. The molecule has 0 aromatic carbocycles. The maximum absolute atomic E-state index is 9.76. The quantitative estimate of drug-likeness (QED) is 0.701. The molecular formula is C12H23NO3. The number of aliphatic hydroxyl groups is 2. The van der Waals surface area contributed by atoms with Gasteiger partial charge in [-0.3, -0.25) is 0 Å². The van der Waals surface area contributed by atoms with Crippen molar-refractivity contribution in [2.75, 3.05) is 40.0 Å². The lowest BCUT2D eigenvalue weighted by atomic mass is 9.86. The highest BCUT2D eigenvalue weighted by Crippen LogP contribution is 2.30. The highest BCUT2D eigenvalue weighted by Gasteiger charge is 2.39. The Morgan fingerprint density at radius 2 is 2.12 bits per heavy atom. The zero-order chi connectivity index (χ0) is 11.6. The van der Waals surface area contributed by atoms with E-state index in [0.29, 0.717) is 19.1 Å². The Morgan fingerprint density at radius 1 is 1.38 bits per heavy atom. The fraction of sp³-hybridized carbons (Fsp3) is 1.00. The molecule has 0 radical (unpaired) electrons. The fourth-order valence-corrected chi connectivity index (χ4v) is 2.89. The second kappa shape index (κ2) is 5.00. The molecule has 4 heteroatoms. The van der Waals surface area contributed by atoms with Crippen LogP contribution in [0, 0.1) is 11.3 Å². The van der Waals surface area contributed by atoms with Crippen molar-refractivity contribution >= 4 is 0 Å². The molecular weight excluding hydrogens is 206 g/mol. The Hall–Kier alpha value is -0.160. The standard InChI is InChI=1S/C12H23NO3/c1-13(5-10-3-2-4-11(10)15)6-12(7-14)8-16-9-12/h10-11,14-15H,2-9H2,1H3. The lowest BCUT2D eigenvalue weighted by Gasteiger charge is -2.43. The Balaban J connectivity index is 1.77. The second-order valence-corrected chi connectivity index (χ2v) is 5.61. The van der Waals surface area contributed by atoms with Gasteiger partial charge in [0.2, 0.25) is 0 Å². The van der Waals surface area contributed by atoms with Crippen LogP contribution in [0.3, 0.4) is 0 Å². The van der Waals surface area contributed by atoms with Crippen molar-refractivity contribution in [2.24, 2.45) is 11.3 Å². The van der Waals surface area contributed by atoms with E-state index in [-0.39, 0.29) is 18.1 Å². The van der Waals surface area contributed by atoms with Gasteiger partial charge in [-0.25, -0.2) is 0 Å². The van der Waals surface area contributed by atoms with Crippen LogP contribution >= 0.6 is 0 Å². The Bertz CT molecular complexity index is 225. The first kappa shape index (κ1) is 12.3. The van der Waals surface area contributed by atoms with Crippen molar-refractivity contribution in [1.82, 2.24) is 4.90 Å². The molecule has 2 aliphatic rings. The Kier molecular flexibility index (Phi) is 3.85. The predicted molar refractivity (Wildman–Crippen MR) is 61.2 cm³/mol. The van der Waals surface area contributed by atoms with Gasteiger partial charge in [-0.1, -0.05) is 6.42 Å². The summed E-state index contributed by atoms with van der Waals surface area (Å²) in [6.45, 7) is 3.34. The first-order valence-electron chi connectivity index (χ1n) is 6.20.